The Bertz CT molecular complexity index is 702. The average molecular weight is 364 g/mol. The van der Waals surface area contributed by atoms with Gasteiger partial charge in [0.15, 0.2) is 0 Å². The lowest BCUT2D eigenvalue weighted by Gasteiger charge is -2.21. The second kappa shape index (κ2) is 7.14. The zero-order valence-corrected chi connectivity index (χ0v) is 14.2. The minimum absolute atomic E-state index is 0.280. The molecule has 1 fully saturated rings. The Balaban J connectivity index is 1.61. The first-order chi connectivity index (χ1) is 12.0. The van der Waals surface area contributed by atoms with Gasteiger partial charge in [-0.1, -0.05) is 12.1 Å². The van der Waals surface area contributed by atoms with E-state index in [-0.39, 0.29) is 17.2 Å². The predicted octanol–water partition coefficient (Wildman–Crippen LogP) is 0.666. The van der Waals surface area contributed by atoms with Crippen molar-refractivity contribution < 1.29 is 28.7 Å². The van der Waals surface area contributed by atoms with Gasteiger partial charge in [0.25, 0.3) is 11.8 Å². The van der Waals surface area contributed by atoms with Gasteiger partial charge in [-0.25, -0.2) is 4.79 Å². The van der Waals surface area contributed by atoms with Crippen LogP contribution in [-0.2, 0) is 14.3 Å². The number of hydrogen-bond donors (Lipinski definition) is 1. The number of nitrogens with zero attached hydrogens (tertiary/aromatic N) is 1. The van der Waals surface area contributed by atoms with Crippen LogP contribution in [0.1, 0.15) is 20.7 Å². The SMILES string of the molecule is COC(=O)N[C@H]1CSC[C@@H]1OC(=O)CN1C(=O)c2ccccc2C1=O. The van der Waals surface area contributed by atoms with E-state index in [9.17, 15) is 19.2 Å². The van der Waals surface area contributed by atoms with Crippen LogP contribution >= 0.6 is 11.8 Å². The topological polar surface area (TPSA) is 102 Å². The summed E-state index contributed by atoms with van der Waals surface area (Å²) in [5, 5.41) is 2.60. The van der Waals surface area contributed by atoms with E-state index in [0.717, 1.165) is 4.90 Å². The fourth-order valence-electron chi connectivity index (χ4n) is 2.71. The van der Waals surface area contributed by atoms with Crippen molar-refractivity contribution in [3.05, 3.63) is 35.4 Å². The summed E-state index contributed by atoms with van der Waals surface area (Å²) in [7, 11) is 1.25. The molecule has 1 N–H and O–H groups in total. The molecule has 25 heavy (non-hydrogen) atoms. The van der Waals surface area contributed by atoms with Crippen LogP contribution in [0.2, 0.25) is 0 Å². The summed E-state index contributed by atoms with van der Waals surface area (Å²) >= 11 is 1.52. The molecule has 0 aliphatic carbocycles. The molecular weight excluding hydrogens is 348 g/mol. The van der Waals surface area contributed by atoms with Crippen LogP contribution < -0.4 is 5.32 Å². The maximum Gasteiger partial charge on any atom is 0.407 e. The summed E-state index contributed by atoms with van der Waals surface area (Å²) < 4.78 is 9.89. The van der Waals surface area contributed by atoms with Crippen LogP contribution in [0.4, 0.5) is 4.79 Å². The number of alkyl carbamates (subject to hydrolysis) is 1. The summed E-state index contributed by atoms with van der Waals surface area (Å²) in [5.74, 6) is -0.619. The Kier molecular flexibility index (Phi) is 4.93. The highest BCUT2D eigenvalue weighted by molar-refractivity contribution is 7.99. The Morgan fingerprint density at radius 1 is 1.20 bits per heavy atom. The number of fused-ring (bicyclic) bond motifs is 1. The van der Waals surface area contributed by atoms with Gasteiger partial charge in [0.2, 0.25) is 0 Å². The highest BCUT2D eigenvalue weighted by Gasteiger charge is 2.38. The van der Waals surface area contributed by atoms with Crippen molar-refractivity contribution in [2.24, 2.45) is 0 Å². The molecule has 2 aliphatic heterocycles. The summed E-state index contributed by atoms with van der Waals surface area (Å²) in [5.41, 5.74) is 0.559. The van der Waals surface area contributed by atoms with Crippen molar-refractivity contribution in [2.45, 2.75) is 12.1 Å². The molecular formula is C16H16N2O6S. The number of benzene rings is 1. The van der Waals surface area contributed by atoms with E-state index in [2.05, 4.69) is 10.1 Å². The number of methoxy groups -OCH3 is 1. The highest BCUT2D eigenvalue weighted by atomic mass is 32.2. The Labute approximate surface area is 147 Å². The molecule has 1 aromatic rings. The maximum atomic E-state index is 12.2. The number of imide groups is 1. The third-order valence-corrected chi connectivity index (χ3v) is 5.12. The number of nitrogens with one attached hydrogen (secondary N) is 1. The molecule has 0 bridgehead atoms. The number of amides is 3. The number of hydrogen-bond acceptors (Lipinski definition) is 7. The largest absolute Gasteiger partial charge is 0.458 e. The van der Waals surface area contributed by atoms with Gasteiger partial charge in [0.05, 0.1) is 24.3 Å². The minimum atomic E-state index is -0.696. The molecule has 8 nitrogen and oxygen atoms in total. The normalized spacial score (nSPS) is 21.9. The summed E-state index contributed by atoms with van der Waals surface area (Å²) in [4.78, 5) is 48.9. The molecule has 3 rings (SSSR count). The fraction of sp³-hybridized carbons (Fsp3) is 0.375. The molecule has 2 atom stereocenters. The Hall–Kier alpha value is -2.55. The molecule has 1 aromatic carbocycles. The van der Waals surface area contributed by atoms with E-state index in [0.29, 0.717) is 11.5 Å². The number of thioether (sulfide) groups is 1. The minimum Gasteiger partial charge on any atom is -0.458 e. The molecule has 3 amide bonds. The number of ether oxygens (including phenoxy) is 2. The van der Waals surface area contributed by atoms with Gasteiger partial charge in [0, 0.05) is 11.5 Å². The van der Waals surface area contributed by atoms with Crippen LogP contribution in [0.25, 0.3) is 0 Å². The monoisotopic (exact) mass is 364 g/mol. The molecule has 132 valence electrons. The third kappa shape index (κ3) is 3.46. The smallest absolute Gasteiger partial charge is 0.407 e. The quantitative estimate of drug-likeness (QED) is 0.619. The molecule has 2 aliphatic rings. The zero-order valence-electron chi connectivity index (χ0n) is 13.4. The number of carbonyl (C=O) groups is 4. The molecule has 9 heteroatoms. The lowest BCUT2D eigenvalue weighted by Crippen LogP contribution is -2.46. The highest BCUT2D eigenvalue weighted by Crippen LogP contribution is 2.24. The molecule has 0 spiro atoms. The zero-order chi connectivity index (χ0) is 18.0. The van der Waals surface area contributed by atoms with Gasteiger partial charge in [-0.05, 0) is 12.1 Å². The van der Waals surface area contributed by atoms with Gasteiger partial charge >= 0.3 is 12.1 Å². The molecule has 0 radical (unpaired) electrons. The van der Waals surface area contributed by atoms with E-state index in [4.69, 9.17) is 4.74 Å². The van der Waals surface area contributed by atoms with E-state index < -0.39 is 36.5 Å². The lowest BCUT2D eigenvalue weighted by atomic mass is 10.1. The first-order valence-electron chi connectivity index (χ1n) is 7.58. The van der Waals surface area contributed by atoms with Crippen LogP contribution in [0, 0.1) is 0 Å². The summed E-state index contributed by atoms with van der Waals surface area (Å²) in [6, 6.07) is 6.04. The van der Waals surface area contributed by atoms with Gasteiger partial charge in [-0.15, -0.1) is 0 Å². The lowest BCUT2D eigenvalue weighted by molar-refractivity contribution is -0.149. The van der Waals surface area contributed by atoms with Crippen LogP contribution in [0.15, 0.2) is 24.3 Å². The Morgan fingerprint density at radius 2 is 1.84 bits per heavy atom. The van der Waals surface area contributed by atoms with Crippen molar-refractivity contribution in [3.63, 3.8) is 0 Å². The standard InChI is InChI=1S/C16H16N2O6S/c1-23-16(22)17-11-7-25-8-12(11)24-13(19)6-18-14(20)9-4-2-3-5-10(9)15(18)21/h2-5,11-12H,6-8H2,1H3,(H,17,22)/t11-,12-/m0/s1. The first kappa shape index (κ1) is 17.3. The fourth-order valence-corrected chi connectivity index (χ4v) is 3.93. The van der Waals surface area contributed by atoms with E-state index in [1.165, 1.54) is 18.9 Å². The first-order valence-corrected chi connectivity index (χ1v) is 8.73. The summed E-state index contributed by atoms with van der Waals surface area (Å²) in [6.45, 7) is -0.460. The van der Waals surface area contributed by atoms with Gasteiger partial charge in [-0.3, -0.25) is 19.3 Å². The second-order valence-electron chi connectivity index (χ2n) is 5.55. The van der Waals surface area contributed by atoms with E-state index >= 15 is 0 Å². The predicted molar refractivity (Wildman–Crippen MR) is 88.3 cm³/mol. The maximum absolute atomic E-state index is 12.2. The van der Waals surface area contributed by atoms with Gasteiger partial charge < -0.3 is 14.8 Å². The Morgan fingerprint density at radius 3 is 2.44 bits per heavy atom. The average Bonchev–Trinajstić information content (AvgIpc) is 3.13. The van der Waals surface area contributed by atoms with Gasteiger partial charge in [-0.2, -0.15) is 11.8 Å². The van der Waals surface area contributed by atoms with Crippen molar-refractivity contribution >= 4 is 35.6 Å². The number of carbonyl (C=O) groups excluding carboxylic acids is 4. The number of esters is 1. The molecule has 0 saturated carbocycles. The van der Waals surface area contributed by atoms with E-state index in [1.54, 1.807) is 24.3 Å². The molecule has 0 aromatic heterocycles. The van der Waals surface area contributed by atoms with Crippen molar-refractivity contribution in [1.82, 2.24) is 10.2 Å². The third-order valence-electron chi connectivity index (χ3n) is 3.97. The second-order valence-corrected chi connectivity index (χ2v) is 6.63. The van der Waals surface area contributed by atoms with Crippen LogP contribution in [0.5, 0.6) is 0 Å². The molecule has 0 unspecified atom stereocenters. The van der Waals surface area contributed by atoms with Gasteiger partial charge in [0.1, 0.15) is 12.6 Å². The molecule has 2 heterocycles. The van der Waals surface area contributed by atoms with Crippen molar-refractivity contribution in [2.75, 3.05) is 25.2 Å². The molecule has 1 saturated heterocycles. The van der Waals surface area contributed by atoms with E-state index in [1.807, 2.05) is 0 Å². The van der Waals surface area contributed by atoms with Crippen LogP contribution in [-0.4, -0.2) is 66.1 Å². The van der Waals surface area contributed by atoms with Crippen molar-refractivity contribution in [3.8, 4) is 0 Å². The van der Waals surface area contributed by atoms with Crippen molar-refractivity contribution in [1.29, 1.82) is 0 Å². The summed E-state index contributed by atoms with van der Waals surface area (Å²) in [6.07, 6.45) is -1.14. The van der Waals surface area contributed by atoms with Crippen LogP contribution in [0.3, 0.4) is 0 Å². The number of rotatable bonds is 4.